The van der Waals surface area contributed by atoms with Gasteiger partial charge < -0.3 is 25.2 Å². The molecule has 0 saturated heterocycles. The molecule has 8 nitrogen and oxygen atoms in total. The zero-order valence-electron chi connectivity index (χ0n) is 22.8. The largest absolute Gasteiger partial charge is 0.478 e. The second kappa shape index (κ2) is 12.9. The highest BCUT2D eigenvalue weighted by atomic mass is 35.5. The fourth-order valence-electron chi connectivity index (χ4n) is 5.05. The van der Waals surface area contributed by atoms with E-state index in [1.807, 2.05) is 66.7 Å². The molecule has 1 aliphatic carbocycles. The van der Waals surface area contributed by atoms with Crippen molar-refractivity contribution in [2.45, 2.75) is 31.6 Å². The van der Waals surface area contributed by atoms with E-state index in [1.165, 1.54) is 18.2 Å². The van der Waals surface area contributed by atoms with Crippen molar-refractivity contribution in [3.8, 4) is 11.1 Å². The summed E-state index contributed by atoms with van der Waals surface area (Å²) in [6.45, 7) is 1.98. The number of anilines is 1. The van der Waals surface area contributed by atoms with Crippen LogP contribution >= 0.6 is 11.6 Å². The predicted octanol–water partition coefficient (Wildman–Crippen LogP) is 6.49. The average molecular weight is 585 g/mol. The Balaban J connectivity index is 1.29. The highest BCUT2D eigenvalue weighted by molar-refractivity contribution is 6.33. The van der Waals surface area contributed by atoms with Crippen LogP contribution in [0.4, 0.5) is 10.5 Å². The molecule has 42 heavy (non-hydrogen) atoms. The lowest BCUT2D eigenvalue weighted by Gasteiger charge is -2.25. The van der Waals surface area contributed by atoms with Gasteiger partial charge in [-0.1, -0.05) is 90.5 Å². The van der Waals surface area contributed by atoms with Crippen LogP contribution in [0.5, 0.6) is 0 Å². The molecule has 0 aliphatic heterocycles. The number of hydrogen-bond acceptors (Lipinski definition) is 5. The standard InChI is InChI=1S/C33H29ClN2O6/c1-20(41-18-21-9-3-2-4-10-21)30(31(37)35-22-15-16-27(32(38)39)29(34)17-22)36-33(40)42-19-28-25-13-7-5-11-23(25)24-12-6-8-14-26(24)28/h2-17,20,28,30H,18-19H2,1H3,(H,35,37)(H,36,40)(H,38,39). The first kappa shape index (κ1) is 28.9. The monoisotopic (exact) mass is 584 g/mol. The minimum atomic E-state index is -1.18. The number of carbonyl (C=O) groups is 3. The molecule has 0 fully saturated rings. The Labute approximate surface area is 248 Å². The molecule has 2 amide bonds. The number of nitrogens with one attached hydrogen (secondary N) is 2. The molecule has 0 spiro atoms. The lowest BCUT2D eigenvalue weighted by atomic mass is 9.98. The zero-order valence-corrected chi connectivity index (χ0v) is 23.5. The molecule has 4 aromatic rings. The van der Waals surface area contributed by atoms with Gasteiger partial charge in [-0.15, -0.1) is 0 Å². The molecular weight excluding hydrogens is 556 g/mol. The number of hydrogen-bond donors (Lipinski definition) is 3. The summed E-state index contributed by atoms with van der Waals surface area (Å²) in [7, 11) is 0. The molecular formula is C33H29ClN2O6. The molecule has 4 aromatic carbocycles. The highest BCUT2D eigenvalue weighted by Gasteiger charge is 2.32. The van der Waals surface area contributed by atoms with E-state index >= 15 is 0 Å². The van der Waals surface area contributed by atoms with Crippen LogP contribution in [0, 0.1) is 0 Å². The Kier molecular flexibility index (Phi) is 8.85. The van der Waals surface area contributed by atoms with E-state index in [4.69, 9.17) is 21.1 Å². The second-order valence-corrected chi connectivity index (χ2v) is 10.3. The average Bonchev–Trinajstić information content (AvgIpc) is 3.31. The van der Waals surface area contributed by atoms with Gasteiger partial charge in [-0.2, -0.15) is 0 Å². The molecule has 0 heterocycles. The molecule has 0 bridgehead atoms. The minimum absolute atomic E-state index is 0.0327. The first-order chi connectivity index (χ1) is 20.3. The van der Waals surface area contributed by atoms with Crippen LogP contribution in [0.2, 0.25) is 5.02 Å². The van der Waals surface area contributed by atoms with Crippen LogP contribution in [-0.2, 0) is 20.9 Å². The van der Waals surface area contributed by atoms with Crippen molar-refractivity contribution in [3.05, 3.63) is 124 Å². The van der Waals surface area contributed by atoms with Gasteiger partial charge in [0.15, 0.2) is 0 Å². The van der Waals surface area contributed by atoms with Crippen molar-refractivity contribution in [3.63, 3.8) is 0 Å². The Bertz CT molecular complexity index is 1560. The van der Waals surface area contributed by atoms with E-state index in [2.05, 4.69) is 22.8 Å². The second-order valence-electron chi connectivity index (χ2n) is 9.94. The summed E-state index contributed by atoms with van der Waals surface area (Å²) >= 11 is 6.08. The van der Waals surface area contributed by atoms with E-state index in [-0.39, 0.29) is 35.4 Å². The maximum Gasteiger partial charge on any atom is 0.407 e. The van der Waals surface area contributed by atoms with Crippen LogP contribution in [0.1, 0.15) is 39.9 Å². The molecule has 5 rings (SSSR count). The summed E-state index contributed by atoms with van der Waals surface area (Å²) in [5.74, 6) is -1.91. The van der Waals surface area contributed by atoms with E-state index in [1.54, 1.807) is 6.92 Å². The molecule has 9 heteroatoms. The van der Waals surface area contributed by atoms with E-state index < -0.39 is 30.1 Å². The molecule has 2 unspecified atom stereocenters. The number of fused-ring (bicyclic) bond motifs is 3. The summed E-state index contributed by atoms with van der Waals surface area (Å²) in [6, 6.07) is 28.4. The van der Waals surface area contributed by atoms with Crippen molar-refractivity contribution in [1.82, 2.24) is 5.32 Å². The number of carbonyl (C=O) groups excluding carboxylic acids is 2. The van der Waals surface area contributed by atoms with Crippen molar-refractivity contribution in [1.29, 1.82) is 0 Å². The van der Waals surface area contributed by atoms with Crippen molar-refractivity contribution in [2.75, 3.05) is 11.9 Å². The molecule has 214 valence electrons. The summed E-state index contributed by atoms with van der Waals surface area (Å²) < 4.78 is 11.6. The Hall–Kier alpha value is -4.66. The van der Waals surface area contributed by atoms with Gasteiger partial charge in [-0.3, -0.25) is 4.79 Å². The maximum atomic E-state index is 13.4. The lowest BCUT2D eigenvalue weighted by Crippen LogP contribution is -2.51. The molecule has 2 atom stereocenters. The zero-order chi connectivity index (χ0) is 29.6. The maximum absolute atomic E-state index is 13.4. The topological polar surface area (TPSA) is 114 Å². The van der Waals surface area contributed by atoms with Gasteiger partial charge in [0, 0.05) is 11.6 Å². The van der Waals surface area contributed by atoms with Crippen LogP contribution in [0.15, 0.2) is 97.1 Å². The van der Waals surface area contributed by atoms with Crippen LogP contribution in [0.25, 0.3) is 11.1 Å². The first-order valence-corrected chi connectivity index (χ1v) is 13.8. The number of amides is 2. The van der Waals surface area contributed by atoms with Gasteiger partial charge >= 0.3 is 12.1 Å². The Morgan fingerprint density at radius 3 is 2.12 bits per heavy atom. The quantitative estimate of drug-likeness (QED) is 0.196. The predicted molar refractivity (Wildman–Crippen MR) is 160 cm³/mol. The number of alkyl carbamates (subject to hydrolysis) is 1. The number of carboxylic acids is 1. The van der Waals surface area contributed by atoms with Crippen LogP contribution in [-0.4, -0.2) is 41.8 Å². The number of ether oxygens (including phenoxy) is 2. The summed E-state index contributed by atoms with van der Waals surface area (Å²) in [6.07, 6.45) is -1.52. The van der Waals surface area contributed by atoms with Crippen molar-refractivity contribution in [2.24, 2.45) is 0 Å². The summed E-state index contributed by atoms with van der Waals surface area (Å²) in [5.41, 5.74) is 5.43. The van der Waals surface area contributed by atoms with Gasteiger partial charge in [0.2, 0.25) is 5.91 Å². The minimum Gasteiger partial charge on any atom is -0.478 e. The molecule has 0 radical (unpaired) electrons. The number of carboxylic acid groups (broad SMARTS) is 1. The highest BCUT2D eigenvalue weighted by Crippen LogP contribution is 2.44. The first-order valence-electron chi connectivity index (χ1n) is 13.4. The number of benzene rings is 4. The fourth-order valence-corrected chi connectivity index (χ4v) is 5.31. The van der Waals surface area contributed by atoms with Crippen molar-refractivity contribution < 1.29 is 29.0 Å². The molecule has 3 N–H and O–H groups in total. The van der Waals surface area contributed by atoms with E-state index in [0.29, 0.717) is 0 Å². The Morgan fingerprint density at radius 1 is 0.881 bits per heavy atom. The van der Waals surface area contributed by atoms with Crippen molar-refractivity contribution >= 4 is 35.3 Å². The lowest BCUT2D eigenvalue weighted by molar-refractivity contribution is -0.121. The summed E-state index contributed by atoms with van der Waals surface area (Å²) in [4.78, 5) is 37.8. The normalized spacial score (nSPS) is 13.4. The van der Waals surface area contributed by atoms with Gasteiger partial charge in [-0.25, -0.2) is 9.59 Å². The smallest absolute Gasteiger partial charge is 0.407 e. The Morgan fingerprint density at radius 2 is 1.50 bits per heavy atom. The molecule has 0 aromatic heterocycles. The third kappa shape index (κ3) is 6.46. The van der Waals surface area contributed by atoms with Gasteiger partial charge in [-0.05, 0) is 52.9 Å². The summed E-state index contributed by atoms with van der Waals surface area (Å²) in [5, 5.41) is 14.6. The van der Waals surface area contributed by atoms with Gasteiger partial charge in [0.25, 0.3) is 0 Å². The molecule has 1 aliphatic rings. The third-order valence-electron chi connectivity index (χ3n) is 7.19. The van der Waals surface area contributed by atoms with Gasteiger partial charge in [0.1, 0.15) is 12.6 Å². The fraction of sp³-hybridized carbons (Fsp3) is 0.182. The third-order valence-corrected chi connectivity index (χ3v) is 7.50. The van der Waals surface area contributed by atoms with Gasteiger partial charge in [0.05, 0.1) is 23.3 Å². The SMILES string of the molecule is CC(OCc1ccccc1)C(NC(=O)OCC1c2ccccc2-c2ccccc21)C(=O)Nc1ccc(C(=O)O)c(Cl)c1. The van der Waals surface area contributed by atoms with Crippen LogP contribution < -0.4 is 10.6 Å². The van der Waals surface area contributed by atoms with E-state index in [0.717, 1.165) is 27.8 Å². The number of aromatic carboxylic acids is 1. The van der Waals surface area contributed by atoms with E-state index in [9.17, 15) is 19.5 Å². The van der Waals surface area contributed by atoms with Crippen LogP contribution in [0.3, 0.4) is 0 Å². The number of halogens is 1. The molecule has 0 saturated carbocycles. The number of rotatable bonds is 10.